The van der Waals surface area contributed by atoms with E-state index in [9.17, 15) is 0 Å². The summed E-state index contributed by atoms with van der Waals surface area (Å²) in [5, 5.41) is 4.61. The van der Waals surface area contributed by atoms with Crippen molar-refractivity contribution in [1.82, 2.24) is 14.9 Å². The lowest BCUT2D eigenvalue weighted by molar-refractivity contribution is 0.478. The van der Waals surface area contributed by atoms with Gasteiger partial charge in [0.05, 0.1) is 12.4 Å². The van der Waals surface area contributed by atoms with Crippen LogP contribution in [0.15, 0.2) is 23.7 Å². The molecule has 2 atom stereocenters. The molecule has 5 heteroatoms. The van der Waals surface area contributed by atoms with E-state index >= 15 is 0 Å². The van der Waals surface area contributed by atoms with E-state index in [0.29, 0.717) is 18.0 Å². The number of hydrogen-bond donors (Lipinski definition) is 1. The second-order valence-electron chi connectivity index (χ2n) is 5.19. The van der Waals surface area contributed by atoms with Crippen molar-refractivity contribution in [1.29, 1.82) is 0 Å². The molecule has 1 aromatic heterocycles. The van der Waals surface area contributed by atoms with E-state index in [2.05, 4.69) is 35.6 Å². The summed E-state index contributed by atoms with van der Waals surface area (Å²) in [5.41, 5.74) is 0. The zero-order valence-electron chi connectivity index (χ0n) is 11.3. The fourth-order valence-electron chi connectivity index (χ4n) is 2.06. The van der Waals surface area contributed by atoms with Crippen molar-refractivity contribution in [3.05, 3.63) is 18.7 Å². The Hall–Kier alpha value is -0.970. The summed E-state index contributed by atoms with van der Waals surface area (Å²) in [7, 11) is 0. The van der Waals surface area contributed by atoms with Crippen molar-refractivity contribution in [2.75, 3.05) is 5.75 Å². The molecule has 0 bridgehead atoms. The third kappa shape index (κ3) is 3.77. The van der Waals surface area contributed by atoms with Gasteiger partial charge in [-0.2, -0.15) is 0 Å². The molecule has 0 radical (unpaired) electrons. The zero-order valence-corrected chi connectivity index (χ0v) is 12.2. The van der Waals surface area contributed by atoms with E-state index in [4.69, 9.17) is 4.99 Å². The van der Waals surface area contributed by atoms with Crippen molar-refractivity contribution >= 4 is 16.9 Å². The first-order chi connectivity index (χ1) is 8.65. The molecule has 18 heavy (non-hydrogen) atoms. The summed E-state index contributed by atoms with van der Waals surface area (Å²) in [6.07, 6.45) is 6.85. The fourth-order valence-corrected chi connectivity index (χ4v) is 3.10. The van der Waals surface area contributed by atoms with E-state index in [0.717, 1.165) is 11.7 Å². The van der Waals surface area contributed by atoms with E-state index in [1.807, 2.05) is 30.5 Å². The molecule has 1 N–H and O–H groups in total. The number of nitrogens with zero attached hydrogens (tertiary/aromatic N) is 3. The molecule has 0 spiro atoms. The van der Waals surface area contributed by atoms with Crippen LogP contribution in [0.2, 0.25) is 0 Å². The molecule has 1 aliphatic rings. The smallest absolute Gasteiger partial charge is 0.157 e. The van der Waals surface area contributed by atoms with Crippen molar-refractivity contribution < 1.29 is 0 Å². The van der Waals surface area contributed by atoms with Gasteiger partial charge in [-0.15, -0.1) is 0 Å². The lowest BCUT2D eigenvalue weighted by atomic mass is 10.0. The first-order valence-corrected chi connectivity index (χ1v) is 7.56. The maximum Gasteiger partial charge on any atom is 0.157 e. The van der Waals surface area contributed by atoms with Crippen LogP contribution in [0.25, 0.3) is 0 Å². The summed E-state index contributed by atoms with van der Waals surface area (Å²) in [5.74, 6) is 1.80. The number of thioether (sulfide) groups is 1. The molecule has 4 nitrogen and oxygen atoms in total. The van der Waals surface area contributed by atoms with E-state index in [-0.39, 0.29) is 0 Å². The van der Waals surface area contributed by atoms with Gasteiger partial charge in [-0.3, -0.25) is 4.99 Å². The van der Waals surface area contributed by atoms with Crippen LogP contribution in [0, 0.1) is 5.92 Å². The minimum absolute atomic E-state index is 0.372. The first kappa shape index (κ1) is 13.5. The lowest BCUT2D eigenvalue weighted by Gasteiger charge is -2.25. The van der Waals surface area contributed by atoms with Gasteiger partial charge in [-0.1, -0.05) is 25.6 Å². The van der Waals surface area contributed by atoms with Gasteiger partial charge in [0, 0.05) is 30.7 Å². The Labute approximate surface area is 113 Å². The number of aliphatic imine (C=N–C) groups is 1. The predicted octanol–water partition coefficient (Wildman–Crippen LogP) is 2.38. The van der Waals surface area contributed by atoms with Crippen LogP contribution < -0.4 is 5.32 Å². The molecule has 100 valence electrons. The van der Waals surface area contributed by atoms with Crippen LogP contribution in [0.3, 0.4) is 0 Å². The number of imidazole rings is 1. The molecule has 0 saturated carbocycles. The van der Waals surface area contributed by atoms with Gasteiger partial charge in [-0.25, -0.2) is 4.98 Å². The molecule has 2 heterocycles. The molecule has 2 rings (SSSR count). The third-order valence-electron chi connectivity index (χ3n) is 3.12. The first-order valence-electron chi connectivity index (χ1n) is 6.58. The van der Waals surface area contributed by atoms with Crippen LogP contribution in [-0.2, 0) is 6.54 Å². The van der Waals surface area contributed by atoms with Gasteiger partial charge < -0.3 is 9.88 Å². The second-order valence-corrected chi connectivity index (χ2v) is 6.27. The van der Waals surface area contributed by atoms with Crippen LogP contribution >= 0.6 is 11.8 Å². The Morgan fingerprint density at radius 1 is 1.50 bits per heavy atom. The van der Waals surface area contributed by atoms with Crippen molar-refractivity contribution in [2.45, 2.75) is 45.8 Å². The summed E-state index contributed by atoms with van der Waals surface area (Å²) >= 11 is 1.84. The highest BCUT2D eigenvalue weighted by Crippen LogP contribution is 2.21. The molecule has 1 aromatic rings. The Kier molecular flexibility index (Phi) is 4.69. The summed E-state index contributed by atoms with van der Waals surface area (Å²) in [6, 6.07) is 0.852. The second kappa shape index (κ2) is 6.27. The highest BCUT2D eigenvalue weighted by Gasteiger charge is 2.19. The predicted molar refractivity (Wildman–Crippen MR) is 78.0 cm³/mol. The molecule has 2 unspecified atom stereocenters. The number of rotatable bonds is 4. The molecule has 1 aliphatic heterocycles. The highest BCUT2D eigenvalue weighted by atomic mass is 32.2. The van der Waals surface area contributed by atoms with Gasteiger partial charge in [0.25, 0.3) is 0 Å². The Morgan fingerprint density at radius 3 is 3.00 bits per heavy atom. The highest BCUT2D eigenvalue weighted by molar-refractivity contribution is 8.13. The Morgan fingerprint density at radius 2 is 2.33 bits per heavy atom. The van der Waals surface area contributed by atoms with Crippen molar-refractivity contribution in [2.24, 2.45) is 10.9 Å². The van der Waals surface area contributed by atoms with Crippen molar-refractivity contribution in [3.63, 3.8) is 0 Å². The van der Waals surface area contributed by atoms with E-state index < -0.39 is 0 Å². The summed E-state index contributed by atoms with van der Waals surface area (Å²) in [4.78, 5) is 8.85. The maximum atomic E-state index is 4.79. The topological polar surface area (TPSA) is 42.2 Å². The Bertz CT molecular complexity index is 386. The number of amidine groups is 1. The third-order valence-corrected chi connectivity index (χ3v) is 4.06. The minimum Gasteiger partial charge on any atom is -0.361 e. The van der Waals surface area contributed by atoms with Gasteiger partial charge in [0.2, 0.25) is 0 Å². The minimum atomic E-state index is 0.372. The molecule has 0 fully saturated rings. The van der Waals surface area contributed by atoms with Crippen LogP contribution in [0.4, 0.5) is 0 Å². The average Bonchev–Trinajstić information content (AvgIpc) is 2.82. The summed E-state index contributed by atoms with van der Waals surface area (Å²) < 4.78 is 2.09. The van der Waals surface area contributed by atoms with Gasteiger partial charge in [0.1, 0.15) is 0 Å². The molecule has 0 amide bonds. The van der Waals surface area contributed by atoms with Crippen LogP contribution in [0.5, 0.6) is 0 Å². The van der Waals surface area contributed by atoms with Crippen molar-refractivity contribution in [3.8, 4) is 0 Å². The monoisotopic (exact) mass is 266 g/mol. The standard InChI is InChI=1S/C13H22N4S/c1-10(2)12-4-7-18-13(16-12)15-11(3)8-17-6-5-14-9-17/h5-6,9-12H,4,7-8H2,1-3H3,(H,15,16). The summed E-state index contributed by atoms with van der Waals surface area (Å²) in [6.45, 7) is 7.60. The SMILES string of the molecule is CC(Cn1ccnc1)NC1=NC(C(C)C)CCS1. The van der Waals surface area contributed by atoms with Gasteiger partial charge in [0.15, 0.2) is 5.17 Å². The molecule has 0 saturated heterocycles. The zero-order chi connectivity index (χ0) is 13.0. The quantitative estimate of drug-likeness (QED) is 0.910. The number of hydrogen-bond acceptors (Lipinski definition) is 4. The van der Waals surface area contributed by atoms with Crippen LogP contribution in [0.1, 0.15) is 27.2 Å². The lowest BCUT2D eigenvalue weighted by Crippen LogP contribution is -2.37. The fraction of sp³-hybridized carbons (Fsp3) is 0.692. The molecule has 0 aliphatic carbocycles. The van der Waals surface area contributed by atoms with Gasteiger partial charge >= 0.3 is 0 Å². The normalized spacial score (nSPS) is 21.8. The number of aromatic nitrogens is 2. The van der Waals surface area contributed by atoms with E-state index in [1.54, 1.807) is 0 Å². The molecule has 0 aromatic carbocycles. The Balaban J connectivity index is 1.88. The molecular weight excluding hydrogens is 244 g/mol. The average molecular weight is 266 g/mol. The number of nitrogens with one attached hydrogen (secondary N) is 1. The molecular formula is C13H22N4S. The maximum absolute atomic E-state index is 4.79. The largest absolute Gasteiger partial charge is 0.361 e. The van der Waals surface area contributed by atoms with Gasteiger partial charge in [-0.05, 0) is 19.3 Å². The van der Waals surface area contributed by atoms with Crippen LogP contribution in [-0.4, -0.2) is 32.6 Å². The van der Waals surface area contributed by atoms with E-state index in [1.165, 1.54) is 12.2 Å².